The Bertz CT molecular complexity index is 1250. The standard InChI is InChI=1S/C27H26N2O9/c30-14-15-34-20-9-6-18(7-10-20)26(23(12-13-25(31)29-33)37-21-4-2-1-3-5-21)38-27(32)28-19-8-11-22-24(16-19)36-17-35-22/h1-13,16,23,26,30,33H,14-15,17H2,(H,28,32)(H,29,31)/b13-12+/t23-,26-/m0/s1. The van der Waals surface area contributed by atoms with Crippen LogP contribution in [0.5, 0.6) is 23.0 Å². The lowest BCUT2D eigenvalue weighted by Gasteiger charge is -2.26. The number of nitrogens with one attached hydrogen (secondary N) is 2. The Morgan fingerprint density at radius 3 is 2.47 bits per heavy atom. The van der Waals surface area contributed by atoms with Gasteiger partial charge < -0.3 is 28.8 Å². The summed E-state index contributed by atoms with van der Waals surface area (Å²) in [5.74, 6) is 1.22. The van der Waals surface area contributed by atoms with Crippen molar-refractivity contribution in [3.63, 3.8) is 0 Å². The van der Waals surface area contributed by atoms with Crippen molar-refractivity contribution < 1.29 is 43.6 Å². The molecule has 0 radical (unpaired) electrons. The molecule has 11 heteroatoms. The van der Waals surface area contributed by atoms with Crippen LogP contribution in [0, 0.1) is 0 Å². The quantitative estimate of drug-likeness (QED) is 0.169. The summed E-state index contributed by atoms with van der Waals surface area (Å²) >= 11 is 0. The zero-order valence-corrected chi connectivity index (χ0v) is 20.1. The van der Waals surface area contributed by atoms with Gasteiger partial charge in [0.1, 0.15) is 18.1 Å². The van der Waals surface area contributed by atoms with Crippen LogP contribution in [0.25, 0.3) is 0 Å². The van der Waals surface area contributed by atoms with E-state index in [4.69, 9.17) is 34.0 Å². The predicted octanol–water partition coefficient (Wildman–Crippen LogP) is 3.59. The number of anilines is 1. The molecule has 0 spiro atoms. The van der Waals surface area contributed by atoms with Crippen LogP contribution in [-0.4, -0.2) is 48.4 Å². The van der Waals surface area contributed by atoms with E-state index in [9.17, 15) is 9.59 Å². The minimum Gasteiger partial charge on any atom is -0.491 e. The Labute approximate surface area is 218 Å². The first-order valence-corrected chi connectivity index (χ1v) is 11.6. The number of fused-ring (bicyclic) bond motifs is 1. The van der Waals surface area contributed by atoms with Gasteiger partial charge in [0, 0.05) is 17.8 Å². The molecule has 38 heavy (non-hydrogen) atoms. The lowest BCUT2D eigenvalue weighted by Crippen LogP contribution is -2.30. The van der Waals surface area contributed by atoms with Crippen molar-refractivity contribution in [3.05, 3.63) is 90.5 Å². The number of para-hydroxylation sites is 1. The molecule has 0 saturated carbocycles. The third-order valence-electron chi connectivity index (χ3n) is 5.28. The average Bonchev–Trinajstić information content (AvgIpc) is 3.41. The second-order valence-electron chi connectivity index (χ2n) is 7.89. The van der Waals surface area contributed by atoms with E-state index in [1.54, 1.807) is 66.7 Å². The van der Waals surface area contributed by atoms with Crippen LogP contribution in [-0.2, 0) is 9.53 Å². The van der Waals surface area contributed by atoms with Gasteiger partial charge in [-0.15, -0.1) is 0 Å². The Morgan fingerprint density at radius 1 is 0.974 bits per heavy atom. The Kier molecular flexibility index (Phi) is 9.00. The van der Waals surface area contributed by atoms with Crippen LogP contribution in [0.1, 0.15) is 11.7 Å². The first-order valence-electron chi connectivity index (χ1n) is 11.6. The average molecular weight is 523 g/mol. The number of hydroxylamine groups is 1. The molecule has 198 valence electrons. The van der Waals surface area contributed by atoms with Crippen molar-refractivity contribution in [2.45, 2.75) is 12.2 Å². The highest BCUT2D eigenvalue weighted by Crippen LogP contribution is 2.35. The highest BCUT2D eigenvalue weighted by atomic mass is 16.7. The van der Waals surface area contributed by atoms with Crippen molar-refractivity contribution >= 4 is 17.7 Å². The maximum absolute atomic E-state index is 13.0. The van der Waals surface area contributed by atoms with Gasteiger partial charge in [0.05, 0.1) is 6.61 Å². The second-order valence-corrected chi connectivity index (χ2v) is 7.89. The Morgan fingerprint density at radius 2 is 1.74 bits per heavy atom. The normalized spacial score (nSPS) is 13.4. The monoisotopic (exact) mass is 522 g/mol. The zero-order valence-electron chi connectivity index (χ0n) is 20.1. The zero-order chi connectivity index (χ0) is 26.7. The molecule has 0 aliphatic carbocycles. The third kappa shape index (κ3) is 7.15. The molecule has 0 unspecified atom stereocenters. The molecule has 0 bridgehead atoms. The molecule has 4 N–H and O–H groups in total. The summed E-state index contributed by atoms with van der Waals surface area (Å²) in [7, 11) is 0. The largest absolute Gasteiger partial charge is 0.491 e. The van der Waals surface area contributed by atoms with E-state index in [1.807, 2.05) is 6.07 Å². The number of rotatable bonds is 11. The van der Waals surface area contributed by atoms with E-state index in [-0.39, 0.29) is 20.0 Å². The molecule has 11 nitrogen and oxygen atoms in total. The van der Waals surface area contributed by atoms with Gasteiger partial charge >= 0.3 is 6.09 Å². The fourth-order valence-electron chi connectivity index (χ4n) is 3.56. The summed E-state index contributed by atoms with van der Waals surface area (Å²) in [6, 6.07) is 20.3. The number of hydrogen-bond donors (Lipinski definition) is 4. The van der Waals surface area contributed by atoms with Gasteiger partial charge in [-0.25, -0.2) is 10.3 Å². The van der Waals surface area contributed by atoms with Crippen LogP contribution in [0.4, 0.5) is 10.5 Å². The molecule has 0 saturated heterocycles. The summed E-state index contributed by atoms with van der Waals surface area (Å²) in [6.07, 6.45) is -0.387. The van der Waals surface area contributed by atoms with Crippen LogP contribution in [0.15, 0.2) is 84.9 Å². The van der Waals surface area contributed by atoms with Crippen molar-refractivity contribution in [2.24, 2.45) is 0 Å². The number of amides is 2. The SMILES string of the molecule is O=C(/C=C/[C@H](Oc1ccccc1)[C@@H](OC(=O)Nc1ccc2c(c1)OCO2)c1ccc(OCCO)cc1)NO. The Balaban J connectivity index is 1.61. The van der Waals surface area contributed by atoms with Crippen molar-refractivity contribution in [2.75, 3.05) is 25.3 Å². The molecule has 2 atom stereocenters. The Hall–Kier alpha value is -4.74. The molecule has 2 amide bonds. The number of carbonyl (C=O) groups is 2. The van der Waals surface area contributed by atoms with E-state index in [1.165, 1.54) is 11.6 Å². The number of aliphatic hydroxyl groups excluding tert-OH is 1. The van der Waals surface area contributed by atoms with Gasteiger partial charge in [-0.2, -0.15) is 0 Å². The summed E-state index contributed by atoms with van der Waals surface area (Å²) in [4.78, 5) is 24.7. The van der Waals surface area contributed by atoms with E-state index in [0.717, 1.165) is 6.08 Å². The minimum absolute atomic E-state index is 0.0928. The van der Waals surface area contributed by atoms with Gasteiger partial charge in [0.2, 0.25) is 6.79 Å². The highest BCUT2D eigenvalue weighted by Gasteiger charge is 2.28. The third-order valence-corrected chi connectivity index (χ3v) is 5.28. The maximum Gasteiger partial charge on any atom is 0.412 e. The molecule has 3 aromatic rings. The lowest BCUT2D eigenvalue weighted by molar-refractivity contribution is -0.124. The number of ether oxygens (including phenoxy) is 5. The van der Waals surface area contributed by atoms with Gasteiger partial charge in [-0.05, 0) is 48.0 Å². The molecular formula is C27H26N2O9. The van der Waals surface area contributed by atoms with Crippen molar-refractivity contribution in [1.82, 2.24) is 5.48 Å². The predicted molar refractivity (Wildman–Crippen MR) is 134 cm³/mol. The second kappa shape index (κ2) is 13.0. The molecular weight excluding hydrogens is 496 g/mol. The van der Waals surface area contributed by atoms with Crippen molar-refractivity contribution in [3.8, 4) is 23.0 Å². The van der Waals surface area contributed by atoms with E-state index < -0.39 is 24.2 Å². The maximum atomic E-state index is 13.0. The van der Waals surface area contributed by atoms with E-state index in [2.05, 4.69) is 5.32 Å². The molecule has 4 rings (SSSR count). The smallest absolute Gasteiger partial charge is 0.412 e. The number of benzene rings is 3. The molecule has 0 aromatic heterocycles. The highest BCUT2D eigenvalue weighted by molar-refractivity contribution is 5.87. The summed E-state index contributed by atoms with van der Waals surface area (Å²) in [5.41, 5.74) is 2.47. The first kappa shape index (κ1) is 26.3. The minimum atomic E-state index is -1.04. The molecule has 0 fully saturated rings. The van der Waals surface area contributed by atoms with Crippen LogP contribution in [0.2, 0.25) is 0 Å². The van der Waals surface area contributed by atoms with Crippen LogP contribution >= 0.6 is 0 Å². The number of aliphatic hydroxyl groups is 1. The summed E-state index contributed by atoms with van der Waals surface area (Å²) in [5, 5.41) is 20.6. The molecule has 3 aromatic carbocycles. The molecule has 1 heterocycles. The van der Waals surface area contributed by atoms with E-state index in [0.29, 0.717) is 34.2 Å². The van der Waals surface area contributed by atoms with Gasteiger partial charge in [0.15, 0.2) is 23.7 Å². The van der Waals surface area contributed by atoms with Crippen LogP contribution < -0.4 is 29.7 Å². The van der Waals surface area contributed by atoms with E-state index >= 15 is 0 Å². The van der Waals surface area contributed by atoms with Crippen LogP contribution in [0.3, 0.4) is 0 Å². The topological polar surface area (TPSA) is 145 Å². The lowest BCUT2D eigenvalue weighted by atomic mass is 10.0. The fraction of sp³-hybridized carbons (Fsp3) is 0.185. The first-order chi connectivity index (χ1) is 18.6. The molecule has 1 aliphatic heterocycles. The van der Waals surface area contributed by atoms with Gasteiger partial charge in [0.25, 0.3) is 5.91 Å². The number of hydrogen-bond acceptors (Lipinski definition) is 9. The van der Waals surface area contributed by atoms with Gasteiger partial charge in [-0.3, -0.25) is 15.3 Å². The molecule has 1 aliphatic rings. The van der Waals surface area contributed by atoms with Gasteiger partial charge in [-0.1, -0.05) is 30.3 Å². The fourth-order valence-corrected chi connectivity index (χ4v) is 3.56. The number of carbonyl (C=O) groups excluding carboxylic acids is 2. The summed E-state index contributed by atoms with van der Waals surface area (Å²) in [6.45, 7) is 0.0732. The van der Waals surface area contributed by atoms with Crippen molar-refractivity contribution in [1.29, 1.82) is 0 Å². The summed E-state index contributed by atoms with van der Waals surface area (Å²) < 4.78 is 27.9.